The van der Waals surface area contributed by atoms with E-state index in [0.29, 0.717) is 23.8 Å². The zero-order valence-corrected chi connectivity index (χ0v) is 20.4. The predicted octanol–water partition coefficient (Wildman–Crippen LogP) is 3.06. The smallest absolute Gasteiger partial charge is 0.243 e. The highest BCUT2D eigenvalue weighted by molar-refractivity contribution is 7.89. The summed E-state index contributed by atoms with van der Waals surface area (Å²) < 4.78 is 27.1. The van der Waals surface area contributed by atoms with Crippen LogP contribution in [0.4, 0.5) is 11.5 Å². The first-order valence-corrected chi connectivity index (χ1v) is 13.2. The molecule has 178 valence electrons. The Labute approximate surface area is 200 Å². The van der Waals surface area contributed by atoms with Crippen molar-refractivity contribution in [2.45, 2.75) is 37.1 Å². The summed E-state index contributed by atoms with van der Waals surface area (Å²) >= 11 is 5.92. The van der Waals surface area contributed by atoms with Crippen LogP contribution in [0.2, 0.25) is 5.02 Å². The molecular weight excluding hydrogens is 462 g/mol. The maximum atomic E-state index is 12.8. The molecule has 0 saturated carbocycles. The Morgan fingerprint density at radius 2 is 1.64 bits per heavy atom. The summed E-state index contributed by atoms with van der Waals surface area (Å²) in [5.74, 6) is 0.774. The van der Waals surface area contributed by atoms with Crippen LogP contribution in [0.5, 0.6) is 0 Å². The lowest BCUT2D eigenvalue weighted by molar-refractivity contribution is -0.120. The molecule has 1 unspecified atom stereocenters. The summed E-state index contributed by atoms with van der Waals surface area (Å²) in [4.78, 5) is 21.8. The molecule has 2 aliphatic rings. The van der Waals surface area contributed by atoms with Crippen LogP contribution in [0.25, 0.3) is 0 Å². The molecule has 2 aliphatic heterocycles. The van der Waals surface area contributed by atoms with Gasteiger partial charge in [-0.25, -0.2) is 13.4 Å². The van der Waals surface area contributed by atoms with E-state index in [9.17, 15) is 13.2 Å². The van der Waals surface area contributed by atoms with Crippen LogP contribution in [-0.4, -0.2) is 73.8 Å². The maximum absolute atomic E-state index is 12.8. The largest absolute Gasteiger partial charge is 0.354 e. The molecule has 0 spiro atoms. The molecule has 1 atom stereocenters. The number of pyridine rings is 1. The van der Waals surface area contributed by atoms with Gasteiger partial charge >= 0.3 is 0 Å². The average molecular weight is 492 g/mol. The number of piperidine rings is 1. The lowest BCUT2D eigenvalue weighted by Crippen LogP contribution is -2.53. The van der Waals surface area contributed by atoms with E-state index in [-0.39, 0.29) is 16.8 Å². The van der Waals surface area contributed by atoms with Crippen molar-refractivity contribution in [2.24, 2.45) is 0 Å². The Hall–Kier alpha value is -2.20. The van der Waals surface area contributed by atoms with Gasteiger partial charge in [-0.3, -0.25) is 9.69 Å². The molecular formula is C23H30ClN5O3S. The molecule has 2 saturated heterocycles. The number of hydrogen-bond donors (Lipinski definition) is 1. The summed E-state index contributed by atoms with van der Waals surface area (Å²) in [6.45, 7) is 6.06. The minimum Gasteiger partial charge on any atom is -0.354 e. The number of anilines is 2. The fraction of sp³-hybridized carbons (Fsp3) is 0.478. The Morgan fingerprint density at radius 1 is 0.970 bits per heavy atom. The van der Waals surface area contributed by atoms with E-state index in [1.165, 1.54) is 0 Å². The summed E-state index contributed by atoms with van der Waals surface area (Å²) in [7, 11) is -3.48. The molecule has 0 radical (unpaired) electrons. The zero-order valence-electron chi connectivity index (χ0n) is 18.8. The number of nitrogens with zero attached hydrogens (tertiary/aromatic N) is 4. The van der Waals surface area contributed by atoms with Gasteiger partial charge in [0.2, 0.25) is 15.9 Å². The van der Waals surface area contributed by atoms with E-state index in [1.54, 1.807) is 34.8 Å². The van der Waals surface area contributed by atoms with Gasteiger partial charge in [0.15, 0.2) is 0 Å². The molecule has 1 N–H and O–H groups in total. The van der Waals surface area contributed by atoms with E-state index >= 15 is 0 Å². The number of rotatable bonds is 6. The summed E-state index contributed by atoms with van der Waals surface area (Å²) in [6, 6.07) is 9.89. The van der Waals surface area contributed by atoms with Crippen LogP contribution >= 0.6 is 11.6 Å². The number of nitrogens with one attached hydrogen (secondary N) is 1. The molecule has 33 heavy (non-hydrogen) atoms. The second-order valence-corrected chi connectivity index (χ2v) is 10.9. The lowest BCUT2D eigenvalue weighted by Gasteiger charge is -2.38. The molecule has 2 aromatic rings. The third kappa shape index (κ3) is 5.66. The highest BCUT2D eigenvalue weighted by atomic mass is 35.5. The normalized spacial score (nSPS) is 19.3. The van der Waals surface area contributed by atoms with Crippen molar-refractivity contribution < 1.29 is 13.2 Å². The number of sulfonamides is 1. The zero-order chi connectivity index (χ0) is 23.4. The number of amides is 1. The van der Waals surface area contributed by atoms with Gasteiger partial charge in [-0.05, 0) is 56.2 Å². The fourth-order valence-corrected chi connectivity index (χ4v) is 5.90. The van der Waals surface area contributed by atoms with Crippen LogP contribution in [0.1, 0.15) is 26.2 Å². The van der Waals surface area contributed by atoms with Gasteiger partial charge < -0.3 is 10.2 Å². The van der Waals surface area contributed by atoms with Gasteiger partial charge in [-0.1, -0.05) is 18.0 Å². The number of carbonyl (C=O) groups is 1. The Kier molecular flexibility index (Phi) is 7.53. The lowest BCUT2D eigenvalue weighted by atomic mass is 10.2. The highest BCUT2D eigenvalue weighted by Crippen LogP contribution is 2.22. The summed E-state index contributed by atoms with van der Waals surface area (Å²) in [5, 5.41) is 3.53. The van der Waals surface area contributed by atoms with E-state index in [0.717, 1.165) is 51.3 Å². The summed E-state index contributed by atoms with van der Waals surface area (Å²) in [6.07, 6.45) is 4.51. The maximum Gasteiger partial charge on any atom is 0.243 e. The third-order valence-corrected chi connectivity index (χ3v) is 8.49. The van der Waals surface area contributed by atoms with E-state index in [1.807, 2.05) is 19.1 Å². The van der Waals surface area contributed by atoms with Crippen molar-refractivity contribution in [1.82, 2.24) is 14.2 Å². The minimum atomic E-state index is -3.48. The van der Waals surface area contributed by atoms with Crippen molar-refractivity contribution >= 4 is 39.0 Å². The number of hydrogen-bond acceptors (Lipinski definition) is 6. The molecule has 4 rings (SSSR count). The second-order valence-electron chi connectivity index (χ2n) is 8.51. The molecule has 8 nitrogen and oxygen atoms in total. The summed E-state index contributed by atoms with van der Waals surface area (Å²) in [5.41, 5.74) is 0.591. The third-order valence-electron chi connectivity index (χ3n) is 6.35. The molecule has 3 heterocycles. The quantitative estimate of drug-likeness (QED) is 0.668. The van der Waals surface area contributed by atoms with Crippen molar-refractivity contribution in [1.29, 1.82) is 0 Å². The van der Waals surface area contributed by atoms with Gasteiger partial charge in [0.1, 0.15) is 5.82 Å². The van der Waals surface area contributed by atoms with Crippen LogP contribution in [-0.2, 0) is 14.8 Å². The highest BCUT2D eigenvalue weighted by Gasteiger charge is 2.27. The van der Waals surface area contributed by atoms with Gasteiger partial charge in [-0.15, -0.1) is 0 Å². The monoisotopic (exact) mass is 491 g/mol. The molecule has 2 fully saturated rings. The average Bonchev–Trinajstić information content (AvgIpc) is 2.85. The first kappa shape index (κ1) is 23.9. The van der Waals surface area contributed by atoms with Crippen LogP contribution in [0.15, 0.2) is 47.5 Å². The van der Waals surface area contributed by atoms with E-state index < -0.39 is 10.0 Å². The van der Waals surface area contributed by atoms with Crippen molar-refractivity contribution in [3.63, 3.8) is 0 Å². The Bertz CT molecular complexity index is 1050. The van der Waals surface area contributed by atoms with Gasteiger partial charge in [0.05, 0.1) is 16.0 Å². The van der Waals surface area contributed by atoms with E-state index in [4.69, 9.17) is 11.6 Å². The van der Waals surface area contributed by atoms with Gasteiger partial charge in [-0.2, -0.15) is 4.31 Å². The van der Waals surface area contributed by atoms with Crippen molar-refractivity contribution in [3.05, 3.63) is 47.6 Å². The van der Waals surface area contributed by atoms with Crippen molar-refractivity contribution in [3.8, 4) is 0 Å². The fourth-order valence-electron chi connectivity index (χ4n) is 4.27. The van der Waals surface area contributed by atoms with Crippen molar-refractivity contribution in [2.75, 3.05) is 49.5 Å². The molecule has 1 aromatic carbocycles. The molecule has 0 aliphatic carbocycles. The van der Waals surface area contributed by atoms with E-state index in [2.05, 4.69) is 20.1 Å². The minimum absolute atomic E-state index is 0.111. The van der Waals surface area contributed by atoms with Crippen LogP contribution < -0.4 is 10.2 Å². The van der Waals surface area contributed by atoms with Crippen LogP contribution in [0, 0.1) is 0 Å². The van der Waals surface area contributed by atoms with Crippen LogP contribution in [0.3, 0.4) is 0 Å². The predicted molar refractivity (Wildman–Crippen MR) is 130 cm³/mol. The molecule has 1 aromatic heterocycles. The SMILES string of the molecule is CC(C(=O)Nc1ccc(S(=O)(=O)N2CCCCC2)cc1)N1CCN(c2ccc(Cl)cn2)CC1. The molecule has 1 amide bonds. The molecule has 10 heteroatoms. The first-order valence-electron chi connectivity index (χ1n) is 11.4. The topological polar surface area (TPSA) is 85.8 Å². The molecule has 0 bridgehead atoms. The first-order chi connectivity index (χ1) is 15.8. The number of carbonyl (C=O) groups excluding carboxylic acids is 1. The van der Waals surface area contributed by atoms with Gasteiger partial charge in [0, 0.05) is 51.2 Å². The standard InChI is InChI=1S/C23H30ClN5O3S/c1-18(27-13-15-28(16-14-27)22-10-5-19(24)17-25-22)23(30)26-20-6-8-21(9-7-20)33(31,32)29-11-3-2-4-12-29/h5-10,17-18H,2-4,11-16H2,1H3,(H,26,30). The van der Waals surface area contributed by atoms with Gasteiger partial charge in [0.25, 0.3) is 0 Å². The second kappa shape index (κ2) is 10.4. The number of halogens is 1. The number of aromatic nitrogens is 1. The Balaban J connectivity index is 1.31. The number of benzene rings is 1. The Morgan fingerprint density at radius 3 is 2.24 bits per heavy atom. The number of piperazine rings is 1.